The van der Waals surface area contributed by atoms with E-state index < -0.39 is 0 Å². The summed E-state index contributed by atoms with van der Waals surface area (Å²) < 4.78 is 16.6. The summed E-state index contributed by atoms with van der Waals surface area (Å²) in [6, 6.07) is 0. The summed E-state index contributed by atoms with van der Waals surface area (Å²) in [7, 11) is 3.48. The predicted molar refractivity (Wildman–Crippen MR) is 93.9 cm³/mol. The Kier molecular flexibility index (Phi) is 7.08. The fraction of sp³-hybridized carbons (Fsp3) is 0.947. The molecule has 0 aromatic rings. The normalized spacial score (nSPS) is 27.0. The van der Waals surface area contributed by atoms with E-state index in [4.69, 9.17) is 14.2 Å². The van der Waals surface area contributed by atoms with Gasteiger partial charge < -0.3 is 19.1 Å². The van der Waals surface area contributed by atoms with E-state index in [1.54, 1.807) is 14.2 Å². The van der Waals surface area contributed by atoms with E-state index in [1.165, 1.54) is 0 Å². The third-order valence-electron chi connectivity index (χ3n) is 6.04. The highest BCUT2D eigenvalue weighted by molar-refractivity contribution is 5.82. The van der Waals surface area contributed by atoms with Crippen molar-refractivity contribution in [2.24, 2.45) is 11.3 Å². The lowest BCUT2D eigenvalue weighted by molar-refractivity contribution is -0.151. The van der Waals surface area contributed by atoms with E-state index in [0.717, 1.165) is 45.2 Å². The van der Waals surface area contributed by atoms with Crippen molar-refractivity contribution in [2.75, 3.05) is 33.9 Å². The maximum Gasteiger partial charge on any atom is 0.228 e. The molecule has 0 spiro atoms. The number of rotatable bonds is 8. The van der Waals surface area contributed by atoms with Crippen LogP contribution in [0.4, 0.5) is 0 Å². The number of hydrogen-bond acceptors (Lipinski definition) is 4. The van der Waals surface area contributed by atoms with Gasteiger partial charge in [0.25, 0.3) is 0 Å². The molecule has 2 fully saturated rings. The molecule has 0 aromatic carbocycles. The number of likely N-dealkylation sites (tertiary alicyclic amines) is 1. The first-order chi connectivity index (χ1) is 11.4. The summed E-state index contributed by atoms with van der Waals surface area (Å²) in [6.07, 6.45) is 5.87. The molecule has 5 heteroatoms. The number of ether oxygens (including phenoxy) is 3. The molecular formula is C19H35NO4. The molecule has 5 nitrogen and oxygen atoms in total. The molecule has 2 rings (SSSR count). The number of nitrogens with zero attached hydrogens (tertiary/aromatic N) is 1. The van der Waals surface area contributed by atoms with E-state index in [9.17, 15) is 4.79 Å². The van der Waals surface area contributed by atoms with Crippen LogP contribution in [0, 0.1) is 11.3 Å². The van der Waals surface area contributed by atoms with Crippen LogP contribution in [0.5, 0.6) is 0 Å². The zero-order valence-corrected chi connectivity index (χ0v) is 16.0. The molecule has 0 bridgehead atoms. The summed E-state index contributed by atoms with van der Waals surface area (Å²) in [5, 5.41) is 0. The molecule has 2 aliphatic rings. The molecule has 0 N–H and O–H groups in total. The average molecular weight is 341 g/mol. The molecule has 1 unspecified atom stereocenters. The minimum absolute atomic E-state index is 0.271. The SMILES string of the molecule is COCCC(C)C(C)(C)C(=O)N1CCC(OC2CC(OC)C2)CC1. The van der Waals surface area contributed by atoms with Crippen LogP contribution in [0.25, 0.3) is 0 Å². The molecule has 1 amide bonds. The van der Waals surface area contributed by atoms with Crippen LogP contribution in [-0.2, 0) is 19.0 Å². The van der Waals surface area contributed by atoms with E-state index >= 15 is 0 Å². The minimum Gasteiger partial charge on any atom is -0.385 e. The zero-order chi connectivity index (χ0) is 17.7. The van der Waals surface area contributed by atoms with Crippen molar-refractivity contribution in [1.29, 1.82) is 0 Å². The topological polar surface area (TPSA) is 48.0 Å². The van der Waals surface area contributed by atoms with Gasteiger partial charge in [-0.3, -0.25) is 4.79 Å². The van der Waals surface area contributed by atoms with Gasteiger partial charge in [0.15, 0.2) is 0 Å². The first-order valence-corrected chi connectivity index (χ1v) is 9.35. The molecule has 0 radical (unpaired) electrons. The quantitative estimate of drug-likeness (QED) is 0.681. The van der Waals surface area contributed by atoms with Crippen molar-refractivity contribution in [3.63, 3.8) is 0 Å². The van der Waals surface area contributed by atoms with Crippen LogP contribution < -0.4 is 0 Å². The van der Waals surface area contributed by atoms with Crippen LogP contribution in [0.3, 0.4) is 0 Å². The Balaban J connectivity index is 1.75. The monoisotopic (exact) mass is 341 g/mol. The lowest BCUT2D eigenvalue weighted by Gasteiger charge is -2.42. The van der Waals surface area contributed by atoms with Crippen LogP contribution in [0.15, 0.2) is 0 Å². The predicted octanol–water partition coefficient (Wildman–Crippen LogP) is 2.87. The Morgan fingerprint density at radius 3 is 2.29 bits per heavy atom. The second-order valence-electron chi connectivity index (χ2n) is 7.98. The highest BCUT2D eigenvalue weighted by Gasteiger charge is 2.39. The van der Waals surface area contributed by atoms with Crippen molar-refractivity contribution < 1.29 is 19.0 Å². The largest absolute Gasteiger partial charge is 0.385 e. The molecule has 1 aliphatic carbocycles. The van der Waals surface area contributed by atoms with Gasteiger partial charge in [0.05, 0.1) is 18.3 Å². The lowest BCUT2D eigenvalue weighted by atomic mass is 9.76. The van der Waals surface area contributed by atoms with E-state index in [-0.39, 0.29) is 11.3 Å². The number of carbonyl (C=O) groups is 1. The summed E-state index contributed by atoms with van der Waals surface area (Å²) in [4.78, 5) is 15.0. The Morgan fingerprint density at radius 2 is 1.75 bits per heavy atom. The smallest absolute Gasteiger partial charge is 0.228 e. The van der Waals surface area contributed by atoms with Crippen molar-refractivity contribution in [3.05, 3.63) is 0 Å². The maximum atomic E-state index is 12.9. The van der Waals surface area contributed by atoms with Crippen LogP contribution >= 0.6 is 0 Å². The highest BCUT2D eigenvalue weighted by atomic mass is 16.5. The van der Waals surface area contributed by atoms with E-state index in [1.807, 2.05) is 4.90 Å². The third kappa shape index (κ3) is 4.70. The van der Waals surface area contributed by atoms with E-state index in [0.29, 0.717) is 30.8 Å². The highest BCUT2D eigenvalue weighted by Crippen LogP contribution is 2.33. The molecule has 24 heavy (non-hydrogen) atoms. The average Bonchev–Trinajstić information content (AvgIpc) is 2.55. The fourth-order valence-electron chi connectivity index (χ4n) is 3.56. The first-order valence-electron chi connectivity index (χ1n) is 9.35. The van der Waals surface area contributed by atoms with Crippen molar-refractivity contribution in [3.8, 4) is 0 Å². The summed E-state index contributed by atoms with van der Waals surface area (Å²) in [5.41, 5.74) is -0.341. The van der Waals surface area contributed by atoms with Crippen LogP contribution in [0.2, 0.25) is 0 Å². The number of piperidine rings is 1. The Morgan fingerprint density at radius 1 is 1.12 bits per heavy atom. The Hall–Kier alpha value is -0.650. The number of hydrogen-bond donors (Lipinski definition) is 0. The van der Waals surface area contributed by atoms with Gasteiger partial charge in [0.2, 0.25) is 5.91 Å². The molecule has 1 saturated heterocycles. The van der Waals surface area contributed by atoms with Crippen molar-refractivity contribution in [2.45, 2.75) is 71.2 Å². The van der Waals surface area contributed by atoms with Crippen LogP contribution in [-0.4, -0.2) is 63.0 Å². The van der Waals surface area contributed by atoms with Gasteiger partial charge in [-0.05, 0) is 38.0 Å². The maximum absolute atomic E-state index is 12.9. The second-order valence-corrected chi connectivity index (χ2v) is 7.98. The van der Waals surface area contributed by atoms with E-state index in [2.05, 4.69) is 20.8 Å². The standard InChI is InChI=1S/C19H35NO4/c1-14(8-11-22-4)19(2,3)18(21)20-9-6-15(7-10-20)24-17-12-16(13-17)23-5/h14-17H,6-13H2,1-5H3. The third-order valence-corrected chi connectivity index (χ3v) is 6.04. The molecule has 1 atom stereocenters. The molecular weight excluding hydrogens is 306 g/mol. The van der Waals surface area contributed by atoms with Crippen molar-refractivity contribution >= 4 is 5.91 Å². The number of amides is 1. The van der Waals surface area contributed by atoms with Gasteiger partial charge in [0, 0.05) is 39.3 Å². The molecule has 1 heterocycles. The van der Waals surface area contributed by atoms with Gasteiger partial charge in [-0.25, -0.2) is 0 Å². The summed E-state index contributed by atoms with van der Waals surface area (Å²) in [6.45, 7) is 8.61. The van der Waals surface area contributed by atoms with Crippen LogP contribution in [0.1, 0.15) is 52.9 Å². The summed E-state index contributed by atoms with van der Waals surface area (Å²) in [5.74, 6) is 0.576. The van der Waals surface area contributed by atoms with Crippen molar-refractivity contribution in [1.82, 2.24) is 4.90 Å². The molecule has 140 valence electrons. The van der Waals surface area contributed by atoms with Gasteiger partial charge in [-0.15, -0.1) is 0 Å². The number of carbonyl (C=O) groups excluding carboxylic acids is 1. The van der Waals surface area contributed by atoms with Gasteiger partial charge in [-0.2, -0.15) is 0 Å². The lowest BCUT2D eigenvalue weighted by Crippen LogP contribution is -2.49. The van der Waals surface area contributed by atoms with Gasteiger partial charge in [-0.1, -0.05) is 20.8 Å². The molecule has 0 aromatic heterocycles. The molecule has 1 saturated carbocycles. The van der Waals surface area contributed by atoms with Gasteiger partial charge >= 0.3 is 0 Å². The Labute approximate surface area is 147 Å². The number of methoxy groups -OCH3 is 2. The minimum atomic E-state index is -0.341. The summed E-state index contributed by atoms with van der Waals surface area (Å²) >= 11 is 0. The first kappa shape index (κ1) is 19.7. The fourth-order valence-corrected chi connectivity index (χ4v) is 3.56. The molecule has 1 aliphatic heterocycles. The zero-order valence-electron chi connectivity index (χ0n) is 16.0. The second kappa shape index (κ2) is 8.63. The van der Waals surface area contributed by atoms with Gasteiger partial charge in [0.1, 0.15) is 0 Å². The Bertz CT molecular complexity index is 398.